The zero-order chi connectivity index (χ0) is 24.9. The topological polar surface area (TPSA) is 54.8 Å². The van der Waals surface area contributed by atoms with Gasteiger partial charge < -0.3 is 9.64 Å². The van der Waals surface area contributed by atoms with Gasteiger partial charge in [0.25, 0.3) is 5.91 Å². The monoisotopic (exact) mass is 531 g/mol. The fourth-order valence-electron chi connectivity index (χ4n) is 4.13. The minimum absolute atomic E-state index is 0.00411. The molecule has 4 rings (SSSR count). The molecule has 1 amide bonds. The summed E-state index contributed by atoms with van der Waals surface area (Å²) in [5.41, 5.74) is 2.57. The van der Waals surface area contributed by atoms with Crippen molar-refractivity contribution in [2.24, 2.45) is 0 Å². The van der Waals surface area contributed by atoms with E-state index >= 15 is 0 Å². The first-order valence-corrected chi connectivity index (χ1v) is 11.9. The number of ether oxygens (including phenoxy) is 1. The summed E-state index contributed by atoms with van der Waals surface area (Å²) in [6.07, 6.45) is 7.01. The summed E-state index contributed by atoms with van der Waals surface area (Å²) in [7, 11) is 1.71. The van der Waals surface area contributed by atoms with E-state index in [9.17, 15) is 9.59 Å². The van der Waals surface area contributed by atoms with Gasteiger partial charge in [-0.05, 0) is 32.6 Å². The highest BCUT2D eigenvalue weighted by Gasteiger charge is 2.36. The second kappa shape index (κ2) is 10.6. The number of fused-ring (bicyclic) bond motifs is 1. The van der Waals surface area contributed by atoms with Crippen LogP contribution in [0.25, 0.3) is 0 Å². The van der Waals surface area contributed by atoms with Crippen LogP contribution in [0.5, 0.6) is 5.75 Å². The third-order valence-corrected chi connectivity index (χ3v) is 6.35. The Bertz CT molecular complexity index is 1330. The van der Waals surface area contributed by atoms with Gasteiger partial charge in [0.1, 0.15) is 13.3 Å². The van der Waals surface area contributed by atoms with Crippen molar-refractivity contribution in [3.63, 3.8) is 0 Å². The van der Waals surface area contributed by atoms with E-state index in [1.54, 1.807) is 35.0 Å². The maximum absolute atomic E-state index is 13.4. The van der Waals surface area contributed by atoms with Crippen LogP contribution in [-0.4, -0.2) is 29.2 Å². The third kappa shape index (κ3) is 4.86. The van der Waals surface area contributed by atoms with Crippen molar-refractivity contribution in [3.05, 3.63) is 135 Å². The molecule has 1 unspecified atom stereocenters. The lowest BCUT2D eigenvalue weighted by molar-refractivity contribution is 0.0723. The van der Waals surface area contributed by atoms with Crippen LogP contribution in [0.4, 0.5) is 0 Å². The summed E-state index contributed by atoms with van der Waals surface area (Å²) >= 11 is 3.39. The number of benzene rings is 2. The van der Waals surface area contributed by atoms with Crippen molar-refractivity contribution >= 4 is 21.8 Å². The molecule has 0 radical (unpaired) electrons. The lowest BCUT2D eigenvalue weighted by Gasteiger charge is -2.43. The molecule has 1 aliphatic rings. The van der Waals surface area contributed by atoms with E-state index in [4.69, 9.17) is 4.74 Å². The van der Waals surface area contributed by atoms with Crippen molar-refractivity contribution in [1.29, 1.82) is 0 Å². The van der Waals surface area contributed by atoms with Crippen molar-refractivity contribution < 1.29 is 9.53 Å². The van der Waals surface area contributed by atoms with Crippen molar-refractivity contribution in [1.82, 2.24) is 9.58 Å². The predicted molar refractivity (Wildman–Crippen MR) is 142 cm³/mol. The first-order chi connectivity index (χ1) is 17.0. The summed E-state index contributed by atoms with van der Waals surface area (Å²) in [6.45, 7) is 8.30. The van der Waals surface area contributed by atoms with Crippen LogP contribution in [0.15, 0.2) is 113 Å². The molecule has 178 valence electrons. The maximum atomic E-state index is 13.4. The van der Waals surface area contributed by atoms with Gasteiger partial charge in [-0.2, -0.15) is 0 Å². The molecule has 2 heterocycles. The van der Waals surface area contributed by atoms with Gasteiger partial charge in [-0.25, -0.2) is 0 Å². The van der Waals surface area contributed by atoms with Crippen LogP contribution in [0.2, 0.25) is 0 Å². The lowest BCUT2D eigenvalue weighted by Crippen LogP contribution is -2.54. The Hall–Kier alpha value is -3.84. The highest BCUT2D eigenvalue weighted by atomic mass is 79.9. The summed E-state index contributed by atoms with van der Waals surface area (Å²) in [5, 5.41) is 2.00. The number of carbonyl (C=O) groups excluding carboxylic acids is 1. The summed E-state index contributed by atoms with van der Waals surface area (Å²) in [5.74, 6) is -0.294. The average molecular weight is 532 g/mol. The van der Waals surface area contributed by atoms with Gasteiger partial charge in [-0.1, -0.05) is 92.0 Å². The molecule has 0 spiro atoms. The Balaban J connectivity index is 1.90. The van der Waals surface area contributed by atoms with E-state index in [0.717, 1.165) is 16.7 Å². The molecule has 0 N–H and O–H groups in total. The molecule has 0 saturated carbocycles. The number of nitrogens with zero attached hydrogens (tertiary/aromatic N) is 3. The van der Waals surface area contributed by atoms with E-state index in [-0.39, 0.29) is 42.1 Å². The van der Waals surface area contributed by atoms with Crippen LogP contribution >= 0.6 is 15.9 Å². The summed E-state index contributed by atoms with van der Waals surface area (Å²) in [4.78, 5) is 28.1. The summed E-state index contributed by atoms with van der Waals surface area (Å²) in [6, 6.07) is 19.1. The van der Waals surface area contributed by atoms with E-state index < -0.39 is 0 Å². The third-order valence-electron chi connectivity index (χ3n) is 5.79. The van der Waals surface area contributed by atoms with Crippen molar-refractivity contribution in [2.75, 3.05) is 18.7 Å². The SMILES string of the molecule is C=C/C=C(\C=C)C(c1ccccc1)N1CN(C)C(=O)c2c(OCc3ccccc3)c(=O)c(Br)cn21. The largest absolute Gasteiger partial charge is 0.482 e. The second-order valence-corrected chi connectivity index (χ2v) is 8.96. The fraction of sp³-hybridized carbons (Fsp3) is 0.143. The van der Waals surface area contributed by atoms with Gasteiger partial charge in [-0.3, -0.25) is 19.3 Å². The van der Waals surface area contributed by atoms with Crippen molar-refractivity contribution in [2.45, 2.75) is 12.6 Å². The Labute approximate surface area is 213 Å². The van der Waals surface area contributed by atoms with E-state index in [1.807, 2.05) is 71.7 Å². The molecule has 0 fully saturated rings. The normalized spacial score (nSPS) is 14.3. The quantitative estimate of drug-likeness (QED) is 0.374. The molecule has 1 atom stereocenters. The molecule has 7 heteroatoms. The maximum Gasteiger partial charge on any atom is 0.277 e. The lowest BCUT2D eigenvalue weighted by atomic mass is 9.97. The highest BCUT2D eigenvalue weighted by Crippen LogP contribution is 2.33. The minimum Gasteiger partial charge on any atom is -0.482 e. The zero-order valence-corrected chi connectivity index (χ0v) is 21.0. The van der Waals surface area contributed by atoms with Crippen LogP contribution in [0.3, 0.4) is 0 Å². The van der Waals surface area contributed by atoms with Gasteiger partial charge >= 0.3 is 0 Å². The first-order valence-electron chi connectivity index (χ1n) is 11.1. The molecule has 2 aromatic carbocycles. The number of rotatable bonds is 8. The van der Waals surface area contributed by atoms with E-state index in [0.29, 0.717) is 4.47 Å². The Morgan fingerprint density at radius 3 is 2.37 bits per heavy atom. The molecule has 1 aliphatic heterocycles. The molecular formula is C28H26BrN3O3. The minimum atomic E-state index is -0.377. The standard InChI is InChI=1S/C28H26BrN3O3/c1-4-12-21(5-2)24(22-15-10-7-11-16-22)32-19-30(3)28(34)25-27(26(33)23(29)17-31(25)32)35-18-20-13-8-6-9-14-20/h4-17,24H,1-2,18-19H2,3H3/b21-12+. The van der Waals surface area contributed by atoms with Crippen molar-refractivity contribution in [3.8, 4) is 5.75 Å². The van der Waals surface area contributed by atoms with E-state index in [1.165, 1.54) is 0 Å². The zero-order valence-electron chi connectivity index (χ0n) is 19.4. The van der Waals surface area contributed by atoms with Crippen LogP contribution in [-0.2, 0) is 6.61 Å². The number of hydrogen-bond donors (Lipinski definition) is 0. The van der Waals surface area contributed by atoms with Gasteiger partial charge in [-0.15, -0.1) is 0 Å². The number of halogens is 1. The Morgan fingerprint density at radius 1 is 1.09 bits per heavy atom. The Kier molecular flexibility index (Phi) is 7.36. The highest BCUT2D eigenvalue weighted by molar-refractivity contribution is 9.10. The number of carbonyl (C=O) groups is 1. The van der Waals surface area contributed by atoms with Crippen LogP contribution < -0.4 is 15.2 Å². The Morgan fingerprint density at radius 2 is 1.74 bits per heavy atom. The molecule has 6 nitrogen and oxygen atoms in total. The molecule has 3 aromatic rings. The number of pyridine rings is 1. The van der Waals surface area contributed by atoms with Gasteiger partial charge in [0, 0.05) is 13.2 Å². The molecule has 1 aromatic heterocycles. The molecule has 0 bridgehead atoms. The smallest absolute Gasteiger partial charge is 0.277 e. The number of hydrogen-bond acceptors (Lipinski definition) is 4. The number of amides is 1. The average Bonchev–Trinajstić information content (AvgIpc) is 2.88. The predicted octanol–water partition coefficient (Wildman–Crippen LogP) is 5.21. The van der Waals surface area contributed by atoms with Gasteiger partial charge in [0.05, 0.1) is 10.5 Å². The number of allylic oxidation sites excluding steroid dienone is 2. The van der Waals surface area contributed by atoms with Gasteiger partial charge in [0.15, 0.2) is 11.4 Å². The van der Waals surface area contributed by atoms with E-state index in [2.05, 4.69) is 29.1 Å². The molecule has 0 aliphatic carbocycles. The molecular weight excluding hydrogens is 506 g/mol. The second-order valence-electron chi connectivity index (χ2n) is 8.11. The fourth-order valence-corrected chi connectivity index (χ4v) is 4.50. The number of aromatic nitrogens is 1. The molecule has 35 heavy (non-hydrogen) atoms. The molecule has 0 saturated heterocycles. The van der Waals surface area contributed by atoms with Crippen LogP contribution in [0.1, 0.15) is 27.7 Å². The van der Waals surface area contributed by atoms with Crippen LogP contribution in [0, 0.1) is 0 Å². The summed E-state index contributed by atoms with van der Waals surface area (Å²) < 4.78 is 8.01. The first kappa shape index (κ1) is 24.3. The van der Waals surface area contributed by atoms with Gasteiger partial charge in [0.2, 0.25) is 5.43 Å².